The fourth-order valence-corrected chi connectivity index (χ4v) is 1.89. The van der Waals surface area contributed by atoms with Gasteiger partial charge in [-0.25, -0.2) is 4.39 Å². The van der Waals surface area contributed by atoms with Gasteiger partial charge in [-0.1, -0.05) is 11.6 Å². The predicted molar refractivity (Wildman–Crippen MR) is 62.6 cm³/mol. The molecule has 1 aromatic heterocycles. The summed E-state index contributed by atoms with van der Waals surface area (Å²) < 4.78 is 18.7. The third-order valence-corrected chi connectivity index (χ3v) is 2.55. The zero-order valence-electron chi connectivity index (χ0n) is 9.05. The normalized spacial score (nSPS) is 10.8. The molecule has 0 fully saturated rings. The molecule has 1 heterocycles. The highest BCUT2D eigenvalue weighted by molar-refractivity contribution is 6.35. The molecule has 16 heavy (non-hydrogen) atoms. The SMILES string of the molecule is CCOc1cc2c(Cl)cc(C)nc2cc1F. The van der Waals surface area contributed by atoms with Gasteiger partial charge in [0, 0.05) is 17.1 Å². The van der Waals surface area contributed by atoms with E-state index in [0.29, 0.717) is 22.5 Å². The molecule has 2 nitrogen and oxygen atoms in total. The zero-order chi connectivity index (χ0) is 11.7. The van der Waals surface area contributed by atoms with Gasteiger partial charge in [-0.15, -0.1) is 0 Å². The van der Waals surface area contributed by atoms with Crippen molar-refractivity contribution in [1.29, 1.82) is 0 Å². The van der Waals surface area contributed by atoms with Crippen molar-refractivity contribution in [2.24, 2.45) is 0 Å². The molecule has 0 amide bonds. The summed E-state index contributed by atoms with van der Waals surface area (Å²) in [5, 5.41) is 1.26. The molecule has 0 aliphatic rings. The van der Waals surface area contributed by atoms with E-state index in [1.807, 2.05) is 6.92 Å². The second-order valence-electron chi connectivity index (χ2n) is 3.48. The Balaban J connectivity index is 2.69. The summed E-state index contributed by atoms with van der Waals surface area (Å²) in [5.74, 6) is -0.203. The summed E-state index contributed by atoms with van der Waals surface area (Å²) >= 11 is 6.07. The fraction of sp³-hybridized carbons (Fsp3) is 0.250. The van der Waals surface area contributed by atoms with E-state index in [9.17, 15) is 4.39 Å². The summed E-state index contributed by atoms with van der Waals surface area (Å²) in [4.78, 5) is 4.22. The molecule has 0 saturated carbocycles. The minimum absolute atomic E-state index is 0.211. The molecule has 0 unspecified atom stereocenters. The van der Waals surface area contributed by atoms with Crippen LogP contribution in [0.5, 0.6) is 5.75 Å². The van der Waals surface area contributed by atoms with Crippen molar-refractivity contribution in [1.82, 2.24) is 4.98 Å². The van der Waals surface area contributed by atoms with Gasteiger partial charge in [0.25, 0.3) is 0 Å². The lowest BCUT2D eigenvalue weighted by Crippen LogP contribution is -1.95. The monoisotopic (exact) mass is 239 g/mol. The molecule has 0 N–H and O–H groups in total. The molecule has 84 valence electrons. The summed E-state index contributed by atoms with van der Waals surface area (Å²) in [6.45, 7) is 4.04. The van der Waals surface area contributed by atoms with Crippen LogP contribution in [0.25, 0.3) is 10.9 Å². The second-order valence-corrected chi connectivity index (χ2v) is 3.89. The van der Waals surface area contributed by atoms with Gasteiger partial charge in [0.15, 0.2) is 11.6 Å². The van der Waals surface area contributed by atoms with E-state index < -0.39 is 5.82 Å². The van der Waals surface area contributed by atoms with Crippen LogP contribution in [-0.2, 0) is 0 Å². The largest absolute Gasteiger partial charge is 0.491 e. The number of pyridine rings is 1. The van der Waals surface area contributed by atoms with E-state index >= 15 is 0 Å². The molecule has 0 aliphatic carbocycles. The number of halogens is 2. The molecule has 0 atom stereocenters. The van der Waals surface area contributed by atoms with Crippen molar-refractivity contribution in [3.8, 4) is 5.75 Å². The first-order valence-corrected chi connectivity index (χ1v) is 5.39. The van der Waals surface area contributed by atoms with Gasteiger partial charge in [0.1, 0.15) is 0 Å². The lowest BCUT2D eigenvalue weighted by molar-refractivity contribution is 0.322. The van der Waals surface area contributed by atoms with E-state index in [2.05, 4.69) is 4.98 Å². The Hall–Kier alpha value is -1.35. The van der Waals surface area contributed by atoms with Gasteiger partial charge in [-0.2, -0.15) is 0 Å². The lowest BCUT2D eigenvalue weighted by Gasteiger charge is -2.07. The summed E-state index contributed by atoms with van der Waals surface area (Å²) in [6, 6.07) is 4.68. The number of fused-ring (bicyclic) bond motifs is 1. The first kappa shape index (κ1) is 11.1. The van der Waals surface area contributed by atoms with Gasteiger partial charge in [-0.3, -0.25) is 4.98 Å². The maximum absolute atomic E-state index is 13.6. The van der Waals surface area contributed by atoms with E-state index in [0.717, 1.165) is 5.69 Å². The smallest absolute Gasteiger partial charge is 0.167 e. The standard InChI is InChI=1S/C12H11ClFNO/c1-3-16-12-5-8-9(13)4-7(2)15-11(8)6-10(12)14/h4-6H,3H2,1-2H3. The summed E-state index contributed by atoms with van der Waals surface area (Å²) in [6.07, 6.45) is 0. The van der Waals surface area contributed by atoms with Crippen molar-refractivity contribution in [3.05, 3.63) is 34.7 Å². The number of aromatic nitrogens is 1. The molecule has 4 heteroatoms. The van der Waals surface area contributed by atoms with E-state index in [-0.39, 0.29) is 5.75 Å². The number of ether oxygens (including phenoxy) is 1. The minimum atomic E-state index is -0.413. The third kappa shape index (κ3) is 1.95. The van der Waals surface area contributed by atoms with Crippen molar-refractivity contribution in [3.63, 3.8) is 0 Å². The quantitative estimate of drug-likeness (QED) is 0.797. The van der Waals surface area contributed by atoms with Gasteiger partial charge < -0.3 is 4.74 Å². The van der Waals surface area contributed by atoms with Crippen molar-refractivity contribution in [2.45, 2.75) is 13.8 Å². The van der Waals surface area contributed by atoms with E-state index in [4.69, 9.17) is 16.3 Å². The maximum Gasteiger partial charge on any atom is 0.167 e. The topological polar surface area (TPSA) is 22.1 Å². The van der Waals surface area contributed by atoms with Gasteiger partial charge in [0.05, 0.1) is 17.1 Å². The van der Waals surface area contributed by atoms with E-state index in [1.54, 1.807) is 19.1 Å². The molecule has 2 rings (SSSR count). The highest BCUT2D eigenvalue weighted by atomic mass is 35.5. The average Bonchev–Trinajstić information content (AvgIpc) is 2.20. The van der Waals surface area contributed by atoms with Crippen LogP contribution >= 0.6 is 11.6 Å². The third-order valence-electron chi connectivity index (χ3n) is 2.24. The Morgan fingerprint density at radius 2 is 2.12 bits per heavy atom. The number of rotatable bonds is 2. The first-order chi connectivity index (χ1) is 7.61. The molecule has 2 aromatic rings. The molecule has 0 spiro atoms. The Bertz CT molecular complexity index is 542. The Kier molecular flexibility index (Phi) is 2.97. The van der Waals surface area contributed by atoms with Gasteiger partial charge in [-0.05, 0) is 26.0 Å². The zero-order valence-corrected chi connectivity index (χ0v) is 9.81. The molecule has 0 bridgehead atoms. The predicted octanol–water partition coefficient (Wildman–Crippen LogP) is 3.73. The molecule has 1 aromatic carbocycles. The van der Waals surface area contributed by atoms with Crippen molar-refractivity contribution < 1.29 is 9.13 Å². The molecular weight excluding hydrogens is 229 g/mol. The number of nitrogens with zero attached hydrogens (tertiary/aromatic N) is 1. The van der Waals surface area contributed by atoms with Gasteiger partial charge in [0.2, 0.25) is 0 Å². The number of hydrogen-bond donors (Lipinski definition) is 0. The Morgan fingerprint density at radius 3 is 2.81 bits per heavy atom. The van der Waals surface area contributed by atoms with Crippen LogP contribution in [0.4, 0.5) is 4.39 Å². The molecule has 0 aliphatic heterocycles. The number of benzene rings is 1. The number of aryl methyl sites for hydroxylation is 1. The average molecular weight is 240 g/mol. The van der Waals surface area contributed by atoms with Crippen molar-refractivity contribution >= 4 is 22.5 Å². The minimum Gasteiger partial charge on any atom is -0.491 e. The highest BCUT2D eigenvalue weighted by Crippen LogP contribution is 2.29. The molecule has 0 saturated heterocycles. The highest BCUT2D eigenvalue weighted by Gasteiger charge is 2.09. The Labute approximate surface area is 98.0 Å². The lowest BCUT2D eigenvalue weighted by atomic mass is 10.2. The van der Waals surface area contributed by atoms with Crippen LogP contribution in [-0.4, -0.2) is 11.6 Å². The second kappa shape index (κ2) is 4.26. The van der Waals surface area contributed by atoms with Crippen molar-refractivity contribution in [2.75, 3.05) is 6.61 Å². The maximum atomic E-state index is 13.6. The summed E-state index contributed by atoms with van der Waals surface area (Å²) in [5.41, 5.74) is 1.31. The Morgan fingerprint density at radius 1 is 1.38 bits per heavy atom. The van der Waals surface area contributed by atoms with Crippen LogP contribution in [0.1, 0.15) is 12.6 Å². The van der Waals surface area contributed by atoms with E-state index in [1.165, 1.54) is 6.07 Å². The van der Waals surface area contributed by atoms with Crippen LogP contribution in [0.2, 0.25) is 5.02 Å². The van der Waals surface area contributed by atoms with Crippen LogP contribution in [0.15, 0.2) is 18.2 Å². The fourth-order valence-electron chi connectivity index (χ4n) is 1.58. The molecular formula is C12H11ClFNO. The number of hydrogen-bond acceptors (Lipinski definition) is 2. The molecule has 0 radical (unpaired) electrons. The van der Waals surface area contributed by atoms with Crippen LogP contribution in [0.3, 0.4) is 0 Å². The van der Waals surface area contributed by atoms with Crippen LogP contribution in [0, 0.1) is 12.7 Å². The first-order valence-electron chi connectivity index (χ1n) is 5.01. The van der Waals surface area contributed by atoms with Crippen LogP contribution < -0.4 is 4.74 Å². The summed E-state index contributed by atoms with van der Waals surface area (Å²) in [7, 11) is 0. The van der Waals surface area contributed by atoms with Gasteiger partial charge >= 0.3 is 0 Å².